The molecule has 1 aromatic heterocycles. The number of hydrogen-bond donors (Lipinski definition) is 2. The summed E-state index contributed by atoms with van der Waals surface area (Å²) in [6.07, 6.45) is 3.25. The van der Waals surface area contributed by atoms with Crippen LogP contribution in [0.1, 0.15) is 18.9 Å². The van der Waals surface area contributed by atoms with E-state index in [1.807, 2.05) is 25.3 Å². The number of nitrogens with zero attached hydrogens (tertiary/aromatic N) is 1. The Kier molecular flexibility index (Phi) is 2.50. The fourth-order valence-corrected chi connectivity index (χ4v) is 1.60. The lowest BCUT2D eigenvalue weighted by molar-refractivity contribution is 0.185. The number of hydrogen-bond acceptors (Lipinski definition) is 2. The highest BCUT2D eigenvalue weighted by Crippen LogP contribution is 2.17. The maximum absolute atomic E-state index is 9.21. The zero-order valence-corrected chi connectivity index (χ0v) is 8.20. The van der Waals surface area contributed by atoms with Crippen molar-refractivity contribution in [3.63, 3.8) is 0 Å². The standard InChI is InChI=1S/C11H14N2O/c1-8(14)5-6-9-3-2-4-10-7-12-13-11(9)10/h2-4,7-8,14H,5-6H2,1H3,(H,12,13)/t8-/m0/s1. The molecule has 0 fully saturated rings. The van der Waals surface area contributed by atoms with E-state index >= 15 is 0 Å². The van der Waals surface area contributed by atoms with Crippen LogP contribution < -0.4 is 0 Å². The molecule has 1 heterocycles. The van der Waals surface area contributed by atoms with Crippen molar-refractivity contribution < 1.29 is 5.11 Å². The van der Waals surface area contributed by atoms with Crippen molar-refractivity contribution in [2.24, 2.45) is 0 Å². The summed E-state index contributed by atoms with van der Waals surface area (Å²) in [4.78, 5) is 0. The lowest BCUT2D eigenvalue weighted by atomic mass is 10.1. The van der Waals surface area contributed by atoms with Crippen LogP contribution in [0.15, 0.2) is 24.4 Å². The molecule has 0 saturated carbocycles. The van der Waals surface area contributed by atoms with Gasteiger partial charge >= 0.3 is 0 Å². The molecule has 74 valence electrons. The van der Waals surface area contributed by atoms with Crippen molar-refractivity contribution >= 4 is 10.9 Å². The van der Waals surface area contributed by atoms with Gasteiger partial charge in [-0.1, -0.05) is 18.2 Å². The number of aromatic nitrogens is 2. The molecule has 0 aliphatic heterocycles. The van der Waals surface area contributed by atoms with Gasteiger partial charge in [0.25, 0.3) is 0 Å². The minimum absolute atomic E-state index is 0.242. The van der Waals surface area contributed by atoms with E-state index in [1.54, 1.807) is 0 Å². The molecule has 2 rings (SSSR count). The summed E-state index contributed by atoms with van der Waals surface area (Å²) in [5.74, 6) is 0. The third-order valence-electron chi connectivity index (χ3n) is 2.39. The number of nitrogens with one attached hydrogen (secondary N) is 1. The summed E-state index contributed by atoms with van der Waals surface area (Å²) in [5.41, 5.74) is 2.31. The van der Waals surface area contributed by atoms with Crippen molar-refractivity contribution in [3.8, 4) is 0 Å². The molecule has 0 radical (unpaired) electrons. The normalized spacial score (nSPS) is 13.3. The predicted octanol–water partition coefficient (Wildman–Crippen LogP) is 1.88. The van der Waals surface area contributed by atoms with Crippen molar-refractivity contribution in [3.05, 3.63) is 30.0 Å². The van der Waals surface area contributed by atoms with Gasteiger partial charge in [0.15, 0.2) is 0 Å². The zero-order valence-electron chi connectivity index (χ0n) is 8.20. The van der Waals surface area contributed by atoms with Gasteiger partial charge in [0.2, 0.25) is 0 Å². The molecule has 2 aromatic rings. The third-order valence-corrected chi connectivity index (χ3v) is 2.39. The van der Waals surface area contributed by atoms with Gasteiger partial charge in [0, 0.05) is 5.39 Å². The number of fused-ring (bicyclic) bond motifs is 1. The first-order valence-corrected chi connectivity index (χ1v) is 4.86. The Labute approximate surface area is 82.8 Å². The Hall–Kier alpha value is -1.35. The smallest absolute Gasteiger partial charge is 0.0682 e. The number of rotatable bonds is 3. The molecular formula is C11H14N2O. The van der Waals surface area contributed by atoms with Crippen LogP contribution in [0.25, 0.3) is 10.9 Å². The Morgan fingerprint density at radius 3 is 3.14 bits per heavy atom. The topological polar surface area (TPSA) is 48.9 Å². The van der Waals surface area contributed by atoms with Crippen LogP contribution in [0, 0.1) is 0 Å². The Morgan fingerprint density at radius 2 is 2.36 bits per heavy atom. The SMILES string of the molecule is C[C@H](O)CCc1cccc2cn[nH]c12. The van der Waals surface area contributed by atoms with Crippen LogP contribution in [-0.4, -0.2) is 21.4 Å². The largest absolute Gasteiger partial charge is 0.393 e. The molecule has 0 saturated heterocycles. The Bertz CT molecular complexity index is 420. The van der Waals surface area contributed by atoms with Gasteiger partial charge in [-0.3, -0.25) is 5.10 Å². The second-order valence-electron chi connectivity index (χ2n) is 3.64. The van der Waals surface area contributed by atoms with Gasteiger partial charge in [-0.05, 0) is 25.3 Å². The molecule has 0 bridgehead atoms. The average Bonchev–Trinajstić information content (AvgIpc) is 2.62. The molecule has 2 N–H and O–H groups in total. The van der Waals surface area contributed by atoms with Crippen molar-refractivity contribution in [2.45, 2.75) is 25.9 Å². The fourth-order valence-electron chi connectivity index (χ4n) is 1.60. The number of aromatic amines is 1. The second kappa shape index (κ2) is 3.80. The first-order chi connectivity index (χ1) is 6.77. The lowest BCUT2D eigenvalue weighted by Crippen LogP contribution is -2.01. The molecule has 3 nitrogen and oxygen atoms in total. The number of para-hydroxylation sites is 1. The van der Waals surface area contributed by atoms with Crippen molar-refractivity contribution in [1.29, 1.82) is 0 Å². The van der Waals surface area contributed by atoms with Gasteiger partial charge in [-0.25, -0.2) is 0 Å². The second-order valence-corrected chi connectivity index (χ2v) is 3.64. The molecule has 0 aliphatic rings. The van der Waals surface area contributed by atoms with Crippen LogP contribution in [-0.2, 0) is 6.42 Å². The van der Waals surface area contributed by atoms with Crippen LogP contribution in [0.3, 0.4) is 0 Å². The molecule has 1 atom stereocenters. The van der Waals surface area contributed by atoms with Crippen LogP contribution >= 0.6 is 0 Å². The molecule has 0 unspecified atom stereocenters. The highest BCUT2D eigenvalue weighted by molar-refractivity contribution is 5.81. The molecular weight excluding hydrogens is 176 g/mol. The number of benzene rings is 1. The molecule has 0 aliphatic carbocycles. The summed E-state index contributed by atoms with van der Waals surface area (Å²) < 4.78 is 0. The van der Waals surface area contributed by atoms with Gasteiger partial charge in [-0.15, -0.1) is 0 Å². The minimum atomic E-state index is -0.242. The Balaban J connectivity index is 2.27. The van der Waals surface area contributed by atoms with Gasteiger partial charge < -0.3 is 5.11 Å². The minimum Gasteiger partial charge on any atom is -0.393 e. The van der Waals surface area contributed by atoms with E-state index in [-0.39, 0.29) is 6.10 Å². The summed E-state index contributed by atoms with van der Waals surface area (Å²) in [6, 6.07) is 6.13. The van der Waals surface area contributed by atoms with Gasteiger partial charge in [-0.2, -0.15) is 5.10 Å². The van der Waals surface area contributed by atoms with Crippen LogP contribution in [0.4, 0.5) is 0 Å². The maximum Gasteiger partial charge on any atom is 0.0682 e. The highest BCUT2D eigenvalue weighted by Gasteiger charge is 2.03. The first-order valence-electron chi connectivity index (χ1n) is 4.86. The summed E-state index contributed by atoms with van der Waals surface area (Å²) >= 11 is 0. The van der Waals surface area contributed by atoms with Crippen molar-refractivity contribution in [1.82, 2.24) is 10.2 Å². The van der Waals surface area contributed by atoms with Crippen LogP contribution in [0.2, 0.25) is 0 Å². The molecule has 0 amide bonds. The number of H-pyrrole nitrogens is 1. The number of aryl methyl sites for hydroxylation is 1. The quantitative estimate of drug-likeness (QED) is 0.776. The molecule has 1 aromatic carbocycles. The van der Waals surface area contributed by atoms with E-state index < -0.39 is 0 Å². The fraction of sp³-hybridized carbons (Fsp3) is 0.364. The molecule has 3 heteroatoms. The van der Waals surface area contributed by atoms with E-state index in [4.69, 9.17) is 0 Å². The van der Waals surface area contributed by atoms with E-state index in [0.717, 1.165) is 23.7 Å². The van der Waals surface area contributed by atoms with E-state index in [1.165, 1.54) is 5.56 Å². The molecule has 0 spiro atoms. The Morgan fingerprint density at radius 1 is 1.50 bits per heavy atom. The highest BCUT2D eigenvalue weighted by atomic mass is 16.3. The number of aliphatic hydroxyl groups excluding tert-OH is 1. The summed E-state index contributed by atoms with van der Waals surface area (Å²) in [6.45, 7) is 1.81. The van der Waals surface area contributed by atoms with Gasteiger partial charge in [0.1, 0.15) is 0 Å². The van der Waals surface area contributed by atoms with E-state index in [2.05, 4.69) is 16.3 Å². The monoisotopic (exact) mass is 190 g/mol. The van der Waals surface area contributed by atoms with Gasteiger partial charge in [0.05, 0.1) is 17.8 Å². The van der Waals surface area contributed by atoms with Crippen LogP contribution in [0.5, 0.6) is 0 Å². The first kappa shape index (κ1) is 9.21. The third kappa shape index (κ3) is 1.77. The van der Waals surface area contributed by atoms with Crippen molar-refractivity contribution in [2.75, 3.05) is 0 Å². The average molecular weight is 190 g/mol. The number of aliphatic hydroxyl groups is 1. The predicted molar refractivity (Wildman–Crippen MR) is 56.1 cm³/mol. The molecule has 14 heavy (non-hydrogen) atoms. The summed E-state index contributed by atoms with van der Waals surface area (Å²) in [7, 11) is 0. The maximum atomic E-state index is 9.21. The summed E-state index contributed by atoms with van der Waals surface area (Å²) in [5, 5.41) is 17.3. The van der Waals surface area contributed by atoms with E-state index in [9.17, 15) is 5.11 Å². The van der Waals surface area contributed by atoms with E-state index in [0.29, 0.717) is 0 Å². The zero-order chi connectivity index (χ0) is 9.97. The lowest BCUT2D eigenvalue weighted by Gasteiger charge is -2.04.